The molecule has 6 nitrogen and oxygen atoms in total. The zero-order chi connectivity index (χ0) is 19.8. The third-order valence-corrected chi connectivity index (χ3v) is 4.95. The molecule has 8 heteroatoms. The van der Waals surface area contributed by atoms with E-state index in [0.29, 0.717) is 41.5 Å². The summed E-state index contributed by atoms with van der Waals surface area (Å²) in [6.07, 6.45) is 4.12. The summed E-state index contributed by atoms with van der Waals surface area (Å²) < 4.78 is 4.59. The van der Waals surface area contributed by atoms with E-state index in [1.807, 2.05) is 0 Å². The van der Waals surface area contributed by atoms with Crippen LogP contribution in [-0.2, 0) is 14.3 Å². The Labute approximate surface area is 169 Å². The molecule has 148 valence electrons. The number of esters is 1. The molecule has 0 aliphatic carbocycles. The van der Waals surface area contributed by atoms with Crippen LogP contribution in [0.2, 0.25) is 10.0 Å². The Morgan fingerprint density at radius 3 is 2.52 bits per heavy atom. The van der Waals surface area contributed by atoms with E-state index in [9.17, 15) is 14.4 Å². The van der Waals surface area contributed by atoms with Crippen molar-refractivity contribution in [3.8, 4) is 0 Å². The number of amides is 2. The predicted octanol–water partition coefficient (Wildman–Crippen LogP) is 3.45. The monoisotopic (exact) mass is 414 g/mol. The second kappa shape index (κ2) is 10.5. The molecular weight excluding hydrogens is 391 g/mol. The zero-order valence-corrected chi connectivity index (χ0v) is 16.8. The minimum Gasteiger partial charge on any atom is -0.469 e. The molecular formula is C19H24Cl2N2O4. The third-order valence-electron chi connectivity index (χ3n) is 4.51. The van der Waals surface area contributed by atoms with Crippen LogP contribution in [0.1, 0.15) is 48.9 Å². The van der Waals surface area contributed by atoms with Gasteiger partial charge in [-0.05, 0) is 43.9 Å². The molecule has 0 spiro atoms. The molecule has 1 aromatic carbocycles. The van der Waals surface area contributed by atoms with Gasteiger partial charge in [0.05, 0.1) is 7.11 Å². The van der Waals surface area contributed by atoms with Crippen LogP contribution in [0.3, 0.4) is 0 Å². The molecule has 2 rings (SSSR count). The van der Waals surface area contributed by atoms with E-state index >= 15 is 0 Å². The number of unbranched alkanes of at least 4 members (excludes halogenated alkanes) is 2. The maximum Gasteiger partial charge on any atom is 0.305 e. The molecule has 1 aliphatic heterocycles. The summed E-state index contributed by atoms with van der Waals surface area (Å²) in [5.41, 5.74) is 0.384. The van der Waals surface area contributed by atoms with Crippen molar-refractivity contribution in [2.45, 2.75) is 44.6 Å². The van der Waals surface area contributed by atoms with Crippen molar-refractivity contribution in [2.24, 2.45) is 0 Å². The summed E-state index contributed by atoms with van der Waals surface area (Å²) in [5.74, 6) is -0.614. The number of hydrogen-bond donors (Lipinski definition) is 1. The summed E-state index contributed by atoms with van der Waals surface area (Å²) in [4.78, 5) is 37.9. The van der Waals surface area contributed by atoms with Gasteiger partial charge in [-0.2, -0.15) is 0 Å². The lowest BCUT2D eigenvalue weighted by Gasteiger charge is -2.24. The molecule has 1 N–H and O–H groups in total. The number of benzene rings is 1. The van der Waals surface area contributed by atoms with Crippen molar-refractivity contribution in [2.75, 3.05) is 20.2 Å². The van der Waals surface area contributed by atoms with Crippen molar-refractivity contribution in [3.63, 3.8) is 0 Å². The molecule has 0 aromatic heterocycles. The average molecular weight is 415 g/mol. The minimum atomic E-state index is -0.481. The maximum atomic E-state index is 12.8. The first-order chi connectivity index (χ1) is 12.9. The normalized spacial score (nSPS) is 16.3. The fourth-order valence-corrected chi connectivity index (χ4v) is 3.65. The molecule has 1 unspecified atom stereocenters. The summed E-state index contributed by atoms with van der Waals surface area (Å²) in [5, 5.41) is 3.66. The van der Waals surface area contributed by atoms with Crippen LogP contribution in [0, 0.1) is 0 Å². The van der Waals surface area contributed by atoms with Gasteiger partial charge >= 0.3 is 5.97 Å². The Bertz CT molecular complexity index is 676. The van der Waals surface area contributed by atoms with Gasteiger partial charge < -0.3 is 15.0 Å². The Hall–Kier alpha value is -1.79. The van der Waals surface area contributed by atoms with Gasteiger partial charge in [-0.25, -0.2) is 0 Å². The molecule has 27 heavy (non-hydrogen) atoms. The number of nitrogens with zero attached hydrogens (tertiary/aromatic N) is 1. The Morgan fingerprint density at radius 1 is 1.15 bits per heavy atom. The Kier molecular flexibility index (Phi) is 8.38. The number of ether oxygens (including phenoxy) is 1. The van der Waals surface area contributed by atoms with Gasteiger partial charge in [0.2, 0.25) is 5.91 Å². The van der Waals surface area contributed by atoms with Crippen molar-refractivity contribution in [3.05, 3.63) is 33.8 Å². The van der Waals surface area contributed by atoms with Crippen LogP contribution in [0.25, 0.3) is 0 Å². The summed E-state index contributed by atoms with van der Waals surface area (Å²) in [6, 6.07) is 4.20. The SMILES string of the molecule is COC(=O)CCCCCNC(=O)C1CCCN1C(=O)c1cc(Cl)cc(Cl)c1. The quantitative estimate of drug-likeness (QED) is 0.521. The van der Waals surface area contributed by atoms with Gasteiger partial charge in [-0.15, -0.1) is 0 Å². The molecule has 2 amide bonds. The lowest BCUT2D eigenvalue weighted by molar-refractivity contribution is -0.140. The first-order valence-corrected chi connectivity index (χ1v) is 9.79. The maximum absolute atomic E-state index is 12.8. The number of halogens is 2. The van der Waals surface area contributed by atoms with Crippen LogP contribution in [0.5, 0.6) is 0 Å². The highest BCUT2D eigenvalue weighted by Gasteiger charge is 2.34. The van der Waals surface area contributed by atoms with E-state index in [4.69, 9.17) is 23.2 Å². The lowest BCUT2D eigenvalue weighted by Crippen LogP contribution is -2.46. The van der Waals surface area contributed by atoms with Crippen LogP contribution < -0.4 is 5.32 Å². The van der Waals surface area contributed by atoms with Crippen LogP contribution in [-0.4, -0.2) is 48.9 Å². The predicted molar refractivity (Wildman–Crippen MR) is 104 cm³/mol. The van der Waals surface area contributed by atoms with E-state index in [1.54, 1.807) is 23.1 Å². The fraction of sp³-hybridized carbons (Fsp3) is 0.526. The molecule has 1 aromatic rings. The van der Waals surface area contributed by atoms with Gasteiger partial charge in [0, 0.05) is 35.1 Å². The largest absolute Gasteiger partial charge is 0.469 e. The van der Waals surface area contributed by atoms with Crippen LogP contribution in [0.4, 0.5) is 0 Å². The second-order valence-corrected chi connectivity index (χ2v) is 7.37. The molecule has 1 aliphatic rings. The van der Waals surface area contributed by atoms with E-state index in [1.165, 1.54) is 7.11 Å². The number of hydrogen-bond acceptors (Lipinski definition) is 4. The Balaban J connectivity index is 1.83. The fourth-order valence-electron chi connectivity index (χ4n) is 3.13. The lowest BCUT2D eigenvalue weighted by atomic mass is 10.1. The summed E-state index contributed by atoms with van der Waals surface area (Å²) >= 11 is 12.0. The molecule has 1 atom stereocenters. The van der Waals surface area contributed by atoms with Crippen molar-refractivity contribution in [1.82, 2.24) is 10.2 Å². The smallest absolute Gasteiger partial charge is 0.305 e. The topological polar surface area (TPSA) is 75.7 Å². The summed E-state index contributed by atoms with van der Waals surface area (Å²) in [6.45, 7) is 1.04. The minimum absolute atomic E-state index is 0.151. The molecule has 1 heterocycles. The van der Waals surface area contributed by atoms with Crippen LogP contribution >= 0.6 is 23.2 Å². The summed E-state index contributed by atoms with van der Waals surface area (Å²) in [7, 11) is 1.37. The molecule has 1 fully saturated rings. The van der Waals surface area contributed by atoms with Gasteiger partial charge in [-0.1, -0.05) is 29.6 Å². The number of likely N-dealkylation sites (tertiary alicyclic amines) is 1. The van der Waals surface area contributed by atoms with E-state index in [-0.39, 0.29) is 17.8 Å². The van der Waals surface area contributed by atoms with Crippen LogP contribution in [0.15, 0.2) is 18.2 Å². The van der Waals surface area contributed by atoms with Gasteiger partial charge in [0.25, 0.3) is 5.91 Å². The second-order valence-electron chi connectivity index (χ2n) is 6.49. The highest BCUT2D eigenvalue weighted by Crippen LogP contribution is 2.24. The highest BCUT2D eigenvalue weighted by atomic mass is 35.5. The highest BCUT2D eigenvalue weighted by molar-refractivity contribution is 6.35. The number of rotatable bonds is 8. The first kappa shape index (κ1) is 21.5. The van der Waals surface area contributed by atoms with E-state index < -0.39 is 6.04 Å². The molecule has 1 saturated heterocycles. The molecule has 0 radical (unpaired) electrons. The number of carbonyl (C=O) groups is 3. The van der Waals surface area contributed by atoms with Crippen molar-refractivity contribution >= 4 is 41.0 Å². The van der Waals surface area contributed by atoms with E-state index in [0.717, 1.165) is 25.7 Å². The molecule has 0 saturated carbocycles. The van der Waals surface area contributed by atoms with Gasteiger partial charge in [0.15, 0.2) is 0 Å². The number of carbonyl (C=O) groups excluding carboxylic acids is 3. The first-order valence-electron chi connectivity index (χ1n) is 9.04. The molecule has 0 bridgehead atoms. The van der Waals surface area contributed by atoms with Gasteiger partial charge in [-0.3, -0.25) is 14.4 Å². The van der Waals surface area contributed by atoms with E-state index in [2.05, 4.69) is 10.1 Å². The van der Waals surface area contributed by atoms with Gasteiger partial charge in [0.1, 0.15) is 6.04 Å². The van der Waals surface area contributed by atoms with Crippen molar-refractivity contribution in [1.29, 1.82) is 0 Å². The third kappa shape index (κ3) is 6.40. The standard InChI is InChI=1S/C19H24Cl2N2O4/c1-27-17(24)7-3-2-4-8-22-18(25)16-6-5-9-23(16)19(26)13-10-14(20)12-15(21)11-13/h10-12,16H,2-9H2,1H3,(H,22,25). The zero-order valence-electron chi connectivity index (χ0n) is 15.3. The number of nitrogens with one attached hydrogen (secondary N) is 1. The number of methoxy groups -OCH3 is 1. The Morgan fingerprint density at radius 2 is 1.85 bits per heavy atom. The average Bonchev–Trinajstić information content (AvgIpc) is 3.12. The van der Waals surface area contributed by atoms with Crippen molar-refractivity contribution < 1.29 is 19.1 Å².